The first kappa shape index (κ1) is 15.7. The fourth-order valence-electron chi connectivity index (χ4n) is 3.12. The van der Waals surface area contributed by atoms with Gasteiger partial charge in [0.2, 0.25) is 0 Å². The summed E-state index contributed by atoms with van der Waals surface area (Å²) in [5.41, 5.74) is 0.263. The van der Waals surface area contributed by atoms with Gasteiger partial charge in [-0.25, -0.2) is 0 Å². The van der Waals surface area contributed by atoms with Gasteiger partial charge in [-0.2, -0.15) is 0 Å². The highest BCUT2D eigenvalue weighted by Gasteiger charge is 2.40. The second-order valence-corrected chi connectivity index (χ2v) is 6.81. The number of halogens is 1. The first-order chi connectivity index (χ1) is 9.54. The Morgan fingerprint density at radius 1 is 1.35 bits per heavy atom. The predicted molar refractivity (Wildman–Crippen MR) is 85.6 cm³/mol. The summed E-state index contributed by atoms with van der Waals surface area (Å²) in [6.07, 6.45) is 4.90. The first-order valence-corrected chi connectivity index (χ1v) is 8.07. The molecule has 2 unspecified atom stereocenters. The topological polar surface area (TPSA) is 21.3 Å². The highest BCUT2D eigenvalue weighted by atomic mass is 35.5. The van der Waals surface area contributed by atoms with E-state index in [-0.39, 0.29) is 11.5 Å². The lowest BCUT2D eigenvalue weighted by Crippen LogP contribution is -2.54. The molecular formula is C17H26ClNO. The van der Waals surface area contributed by atoms with Crippen molar-refractivity contribution in [2.45, 2.75) is 58.6 Å². The van der Waals surface area contributed by atoms with Crippen molar-refractivity contribution >= 4 is 11.6 Å². The molecule has 1 aromatic rings. The third-order valence-electron chi connectivity index (χ3n) is 4.25. The maximum Gasteiger partial charge on any atom is 0.138 e. The van der Waals surface area contributed by atoms with Crippen molar-refractivity contribution in [1.82, 2.24) is 5.32 Å². The molecule has 20 heavy (non-hydrogen) atoms. The van der Waals surface area contributed by atoms with E-state index in [0.29, 0.717) is 11.1 Å². The molecule has 1 N–H and O–H groups in total. The van der Waals surface area contributed by atoms with Crippen LogP contribution in [0.15, 0.2) is 24.3 Å². The molecule has 2 nitrogen and oxygen atoms in total. The minimum Gasteiger partial charge on any atom is -0.487 e. The summed E-state index contributed by atoms with van der Waals surface area (Å²) < 4.78 is 6.24. The minimum absolute atomic E-state index is 0.199. The quantitative estimate of drug-likeness (QED) is 0.852. The van der Waals surface area contributed by atoms with Gasteiger partial charge in [-0.05, 0) is 49.8 Å². The summed E-state index contributed by atoms with van der Waals surface area (Å²) >= 11 is 6.22. The Morgan fingerprint density at radius 3 is 2.80 bits per heavy atom. The second-order valence-electron chi connectivity index (χ2n) is 6.40. The maximum atomic E-state index is 6.24. The summed E-state index contributed by atoms with van der Waals surface area (Å²) in [5, 5.41) is 4.38. The van der Waals surface area contributed by atoms with Crippen molar-refractivity contribution < 1.29 is 4.74 Å². The van der Waals surface area contributed by atoms with Crippen LogP contribution in [0.3, 0.4) is 0 Å². The molecule has 112 valence electrons. The molecule has 1 aliphatic rings. The van der Waals surface area contributed by atoms with Gasteiger partial charge in [-0.3, -0.25) is 0 Å². The number of ether oxygens (including phenoxy) is 1. The standard InChI is InChI=1S/C17H26ClNO/c1-4-12-19-16-15(10-7-11-17(16,2)3)20-14-9-6-5-8-13(14)18/h5-6,8-9,15-16,19H,4,7,10-12H2,1-3H3. The van der Waals surface area contributed by atoms with Crippen LogP contribution in [-0.4, -0.2) is 18.7 Å². The van der Waals surface area contributed by atoms with Crippen molar-refractivity contribution in [3.63, 3.8) is 0 Å². The van der Waals surface area contributed by atoms with Crippen molar-refractivity contribution in [3.05, 3.63) is 29.3 Å². The van der Waals surface area contributed by atoms with Crippen LogP contribution in [-0.2, 0) is 0 Å². The summed E-state index contributed by atoms with van der Waals surface area (Å²) in [4.78, 5) is 0. The Hall–Kier alpha value is -0.730. The van der Waals surface area contributed by atoms with E-state index in [1.54, 1.807) is 0 Å². The number of rotatable bonds is 5. The minimum atomic E-state index is 0.199. The molecule has 0 heterocycles. The van der Waals surface area contributed by atoms with Gasteiger partial charge < -0.3 is 10.1 Å². The van der Waals surface area contributed by atoms with Crippen LogP contribution in [0.2, 0.25) is 5.02 Å². The smallest absolute Gasteiger partial charge is 0.138 e. The summed E-state index contributed by atoms with van der Waals surface area (Å²) in [6.45, 7) is 7.91. The molecular weight excluding hydrogens is 270 g/mol. The lowest BCUT2D eigenvalue weighted by molar-refractivity contribution is 0.0365. The summed E-state index contributed by atoms with van der Waals surface area (Å²) in [7, 11) is 0. The zero-order chi connectivity index (χ0) is 14.6. The van der Waals surface area contributed by atoms with Crippen LogP contribution in [0.25, 0.3) is 0 Å². The molecule has 0 spiro atoms. The van der Waals surface area contributed by atoms with Crippen molar-refractivity contribution in [2.24, 2.45) is 5.41 Å². The number of nitrogens with one attached hydrogen (secondary N) is 1. The van der Waals surface area contributed by atoms with Gasteiger partial charge in [0.1, 0.15) is 11.9 Å². The molecule has 0 amide bonds. The van der Waals surface area contributed by atoms with Crippen molar-refractivity contribution in [3.8, 4) is 5.75 Å². The highest BCUT2D eigenvalue weighted by Crippen LogP contribution is 2.38. The van der Waals surface area contributed by atoms with Crippen LogP contribution in [0, 0.1) is 5.41 Å². The average Bonchev–Trinajstić information content (AvgIpc) is 2.40. The van der Waals surface area contributed by atoms with Gasteiger partial charge in [0, 0.05) is 6.04 Å². The van der Waals surface area contributed by atoms with Gasteiger partial charge in [0.05, 0.1) is 5.02 Å². The van der Waals surface area contributed by atoms with Gasteiger partial charge >= 0.3 is 0 Å². The van der Waals surface area contributed by atoms with E-state index in [2.05, 4.69) is 26.1 Å². The van der Waals surface area contributed by atoms with Gasteiger partial charge in [0.25, 0.3) is 0 Å². The van der Waals surface area contributed by atoms with Crippen LogP contribution in [0.1, 0.15) is 46.5 Å². The molecule has 0 aliphatic heterocycles. The second kappa shape index (κ2) is 6.82. The molecule has 0 bridgehead atoms. The molecule has 1 aliphatic carbocycles. The number of benzene rings is 1. The third kappa shape index (κ3) is 3.67. The predicted octanol–water partition coefficient (Wildman–Crippen LogP) is 4.67. The molecule has 0 radical (unpaired) electrons. The van der Waals surface area contributed by atoms with E-state index in [4.69, 9.17) is 16.3 Å². The van der Waals surface area contributed by atoms with E-state index in [1.807, 2.05) is 24.3 Å². The monoisotopic (exact) mass is 295 g/mol. The molecule has 0 saturated heterocycles. The SMILES string of the molecule is CCCNC1C(Oc2ccccc2Cl)CCCC1(C)C. The van der Waals surface area contributed by atoms with Crippen molar-refractivity contribution in [1.29, 1.82) is 0 Å². The average molecular weight is 296 g/mol. The van der Waals surface area contributed by atoms with E-state index in [1.165, 1.54) is 12.8 Å². The molecule has 2 rings (SSSR count). The highest BCUT2D eigenvalue weighted by molar-refractivity contribution is 6.32. The van der Waals surface area contributed by atoms with E-state index in [0.717, 1.165) is 25.1 Å². The zero-order valence-corrected chi connectivity index (χ0v) is 13.5. The Bertz CT molecular complexity index is 433. The molecule has 1 aromatic carbocycles. The van der Waals surface area contributed by atoms with E-state index >= 15 is 0 Å². The van der Waals surface area contributed by atoms with Crippen LogP contribution in [0.4, 0.5) is 0 Å². The number of hydrogen-bond acceptors (Lipinski definition) is 2. The van der Waals surface area contributed by atoms with E-state index < -0.39 is 0 Å². The maximum absolute atomic E-state index is 6.24. The molecule has 1 fully saturated rings. The van der Waals surface area contributed by atoms with Gasteiger partial charge in [-0.1, -0.05) is 44.5 Å². The van der Waals surface area contributed by atoms with Crippen molar-refractivity contribution in [2.75, 3.05) is 6.54 Å². The number of hydrogen-bond donors (Lipinski definition) is 1. The largest absolute Gasteiger partial charge is 0.487 e. The summed E-state index contributed by atoms with van der Waals surface area (Å²) in [6, 6.07) is 8.14. The molecule has 0 aromatic heterocycles. The lowest BCUT2D eigenvalue weighted by atomic mass is 9.71. The molecule has 1 saturated carbocycles. The molecule has 3 heteroatoms. The third-order valence-corrected chi connectivity index (χ3v) is 4.56. The Balaban J connectivity index is 2.13. The van der Waals surface area contributed by atoms with Crippen LogP contribution >= 0.6 is 11.6 Å². The van der Waals surface area contributed by atoms with E-state index in [9.17, 15) is 0 Å². The first-order valence-electron chi connectivity index (χ1n) is 7.69. The fourth-order valence-corrected chi connectivity index (χ4v) is 3.30. The van der Waals surface area contributed by atoms with Crippen LogP contribution in [0.5, 0.6) is 5.75 Å². The Labute approximate surface area is 127 Å². The Morgan fingerprint density at radius 2 is 2.10 bits per heavy atom. The summed E-state index contributed by atoms with van der Waals surface area (Å²) in [5.74, 6) is 0.806. The van der Waals surface area contributed by atoms with Gasteiger partial charge in [0.15, 0.2) is 0 Å². The normalized spacial score (nSPS) is 25.4. The fraction of sp³-hybridized carbons (Fsp3) is 0.647. The van der Waals surface area contributed by atoms with Gasteiger partial charge in [-0.15, -0.1) is 0 Å². The lowest BCUT2D eigenvalue weighted by Gasteiger charge is -2.44. The number of para-hydroxylation sites is 1. The zero-order valence-electron chi connectivity index (χ0n) is 12.8. The Kier molecular flexibility index (Phi) is 5.34. The molecule has 2 atom stereocenters. The van der Waals surface area contributed by atoms with Crippen LogP contribution < -0.4 is 10.1 Å².